The summed E-state index contributed by atoms with van der Waals surface area (Å²) in [6.07, 6.45) is 5.14. The van der Waals surface area contributed by atoms with Crippen LogP contribution >= 0.6 is 0 Å². The van der Waals surface area contributed by atoms with Crippen LogP contribution in [-0.4, -0.2) is 61.3 Å². The lowest BCUT2D eigenvalue weighted by Gasteiger charge is -2.36. The van der Waals surface area contributed by atoms with E-state index >= 15 is 0 Å². The summed E-state index contributed by atoms with van der Waals surface area (Å²) in [6.45, 7) is 10.7. The summed E-state index contributed by atoms with van der Waals surface area (Å²) in [5.74, 6) is 1.50. The highest BCUT2D eigenvalue weighted by atomic mass is 16.3. The van der Waals surface area contributed by atoms with Crippen molar-refractivity contribution >= 4 is 0 Å². The molecular weight excluding hydrogens is 224 g/mol. The largest absolute Gasteiger partial charge is 0.396 e. The van der Waals surface area contributed by atoms with E-state index in [1.165, 1.54) is 58.4 Å². The number of aliphatic hydroxyl groups is 1. The molecule has 0 unspecified atom stereocenters. The Morgan fingerprint density at radius 1 is 0.889 bits per heavy atom. The number of aliphatic hydroxyl groups excluding tert-OH is 1. The predicted molar refractivity (Wildman–Crippen MR) is 77.8 cm³/mol. The molecule has 0 bridgehead atoms. The maximum atomic E-state index is 9.10. The maximum absolute atomic E-state index is 9.10. The van der Waals surface area contributed by atoms with E-state index in [9.17, 15) is 0 Å². The SMILES string of the molecule is CC.CN1CCC(CN2CCC(CO)CC2)CC1. The zero-order valence-electron chi connectivity index (χ0n) is 12.6. The van der Waals surface area contributed by atoms with Crippen molar-refractivity contribution in [1.82, 2.24) is 9.80 Å². The van der Waals surface area contributed by atoms with Gasteiger partial charge in [-0.25, -0.2) is 0 Å². The summed E-state index contributed by atoms with van der Waals surface area (Å²) in [7, 11) is 2.23. The average Bonchev–Trinajstić information content (AvgIpc) is 2.44. The number of hydrogen-bond donors (Lipinski definition) is 1. The minimum atomic E-state index is 0.391. The fourth-order valence-electron chi connectivity index (χ4n) is 2.96. The fraction of sp³-hybridized carbons (Fsp3) is 1.00. The van der Waals surface area contributed by atoms with E-state index in [1.54, 1.807) is 0 Å². The summed E-state index contributed by atoms with van der Waals surface area (Å²) < 4.78 is 0. The molecule has 0 aromatic heterocycles. The molecule has 0 aromatic carbocycles. The van der Waals surface area contributed by atoms with Crippen LogP contribution in [0.15, 0.2) is 0 Å². The zero-order valence-corrected chi connectivity index (χ0v) is 12.6. The van der Waals surface area contributed by atoms with Gasteiger partial charge in [0, 0.05) is 13.2 Å². The van der Waals surface area contributed by atoms with Gasteiger partial charge in [0.05, 0.1) is 0 Å². The molecule has 0 radical (unpaired) electrons. The highest BCUT2D eigenvalue weighted by Crippen LogP contribution is 2.21. The van der Waals surface area contributed by atoms with Gasteiger partial charge < -0.3 is 14.9 Å². The lowest BCUT2D eigenvalue weighted by Crippen LogP contribution is -2.41. The van der Waals surface area contributed by atoms with Crippen molar-refractivity contribution in [2.75, 3.05) is 46.4 Å². The smallest absolute Gasteiger partial charge is 0.0460 e. The summed E-state index contributed by atoms with van der Waals surface area (Å²) >= 11 is 0. The van der Waals surface area contributed by atoms with Crippen LogP contribution in [0.25, 0.3) is 0 Å². The van der Waals surface area contributed by atoms with Gasteiger partial charge in [0.2, 0.25) is 0 Å². The van der Waals surface area contributed by atoms with Crippen molar-refractivity contribution in [3.63, 3.8) is 0 Å². The van der Waals surface area contributed by atoms with Gasteiger partial charge in [0.25, 0.3) is 0 Å². The second kappa shape index (κ2) is 8.89. The zero-order chi connectivity index (χ0) is 13.4. The Morgan fingerprint density at radius 3 is 1.89 bits per heavy atom. The molecule has 0 atom stereocenters. The van der Waals surface area contributed by atoms with Crippen LogP contribution in [0.1, 0.15) is 39.5 Å². The van der Waals surface area contributed by atoms with Gasteiger partial charge in [-0.05, 0) is 70.7 Å². The molecule has 3 nitrogen and oxygen atoms in total. The summed E-state index contributed by atoms with van der Waals surface area (Å²) in [5.41, 5.74) is 0. The van der Waals surface area contributed by atoms with E-state index in [-0.39, 0.29) is 0 Å². The third-order valence-electron chi connectivity index (χ3n) is 4.32. The molecule has 0 aromatic rings. The van der Waals surface area contributed by atoms with Crippen molar-refractivity contribution in [2.24, 2.45) is 11.8 Å². The van der Waals surface area contributed by atoms with Gasteiger partial charge in [-0.3, -0.25) is 0 Å². The molecule has 2 fully saturated rings. The Bertz CT molecular complexity index is 195. The Morgan fingerprint density at radius 2 is 1.39 bits per heavy atom. The minimum absolute atomic E-state index is 0.391. The topological polar surface area (TPSA) is 26.7 Å². The van der Waals surface area contributed by atoms with Gasteiger partial charge in [-0.1, -0.05) is 13.8 Å². The lowest BCUT2D eigenvalue weighted by molar-refractivity contribution is 0.103. The molecule has 2 saturated heterocycles. The fourth-order valence-corrected chi connectivity index (χ4v) is 2.96. The molecule has 2 heterocycles. The molecule has 2 aliphatic heterocycles. The Hall–Kier alpha value is -0.120. The molecule has 1 N–H and O–H groups in total. The average molecular weight is 256 g/mol. The van der Waals surface area contributed by atoms with Crippen molar-refractivity contribution in [3.8, 4) is 0 Å². The third-order valence-corrected chi connectivity index (χ3v) is 4.32. The Kier molecular flexibility index (Phi) is 7.87. The molecular formula is C15H32N2O. The normalized spacial score (nSPS) is 24.7. The van der Waals surface area contributed by atoms with E-state index in [4.69, 9.17) is 5.11 Å². The quantitative estimate of drug-likeness (QED) is 0.837. The van der Waals surface area contributed by atoms with Crippen LogP contribution in [0.4, 0.5) is 0 Å². The number of likely N-dealkylation sites (tertiary alicyclic amines) is 2. The van der Waals surface area contributed by atoms with Gasteiger partial charge in [-0.15, -0.1) is 0 Å². The molecule has 0 aliphatic carbocycles. The summed E-state index contributed by atoms with van der Waals surface area (Å²) in [5, 5.41) is 9.10. The first-order valence-corrected chi connectivity index (χ1v) is 7.79. The van der Waals surface area contributed by atoms with Crippen LogP contribution in [0, 0.1) is 11.8 Å². The van der Waals surface area contributed by atoms with Gasteiger partial charge in [-0.2, -0.15) is 0 Å². The first-order valence-electron chi connectivity index (χ1n) is 7.79. The molecule has 18 heavy (non-hydrogen) atoms. The van der Waals surface area contributed by atoms with Crippen LogP contribution in [0.5, 0.6) is 0 Å². The molecule has 2 aliphatic rings. The second-order valence-electron chi connectivity index (χ2n) is 5.67. The van der Waals surface area contributed by atoms with E-state index in [0.717, 1.165) is 5.92 Å². The lowest BCUT2D eigenvalue weighted by atomic mass is 9.93. The number of rotatable bonds is 3. The monoisotopic (exact) mass is 256 g/mol. The van der Waals surface area contributed by atoms with E-state index in [2.05, 4.69) is 16.8 Å². The standard InChI is InChI=1S/C13H26N2O.C2H6/c1-14-6-2-12(3-7-14)10-15-8-4-13(11-16)5-9-15;1-2/h12-13,16H,2-11H2,1H3;1-2H3. The Balaban J connectivity index is 0.000000771. The van der Waals surface area contributed by atoms with Crippen LogP contribution in [-0.2, 0) is 0 Å². The van der Waals surface area contributed by atoms with E-state index in [0.29, 0.717) is 12.5 Å². The number of piperidine rings is 2. The number of nitrogens with zero attached hydrogens (tertiary/aromatic N) is 2. The summed E-state index contributed by atoms with van der Waals surface area (Å²) in [6, 6.07) is 0. The molecule has 0 saturated carbocycles. The van der Waals surface area contributed by atoms with Gasteiger partial charge in [0.15, 0.2) is 0 Å². The van der Waals surface area contributed by atoms with Crippen LogP contribution in [0.3, 0.4) is 0 Å². The Labute approximate surface area is 113 Å². The predicted octanol–water partition coefficient (Wildman–Crippen LogP) is 2.06. The van der Waals surface area contributed by atoms with Crippen LogP contribution in [0.2, 0.25) is 0 Å². The van der Waals surface area contributed by atoms with Gasteiger partial charge >= 0.3 is 0 Å². The van der Waals surface area contributed by atoms with Gasteiger partial charge in [0.1, 0.15) is 0 Å². The molecule has 108 valence electrons. The van der Waals surface area contributed by atoms with E-state index in [1.807, 2.05) is 13.8 Å². The number of hydrogen-bond acceptors (Lipinski definition) is 3. The van der Waals surface area contributed by atoms with Crippen molar-refractivity contribution < 1.29 is 5.11 Å². The minimum Gasteiger partial charge on any atom is -0.396 e. The molecule has 0 amide bonds. The molecule has 2 rings (SSSR count). The van der Waals surface area contributed by atoms with E-state index < -0.39 is 0 Å². The summed E-state index contributed by atoms with van der Waals surface area (Å²) in [4.78, 5) is 5.05. The third kappa shape index (κ3) is 5.25. The van der Waals surface area contributed by atoms with Crippen molar-refractivity contribution in [1.29, 1.82) is 0 Å². The van der Waals surface area contributed by atoms with Crippen LogP contribution < -0.4 is 0 Å². The maximum Gasteiger partial charge on any atom is 0.0460 e. The van der Waals surface area contributed by atoms with Crippen molar-refractivity contribution in [2.45, 2.75) is 39.5 Å². The van der Waals surface area contributed by atoms with Crippen molar-refractivity contribution in [3.05, 3.63) is 0 Å². The highest BCUT2D eigenvalue weighted by Gasteiger charge is 2.23. The molecule has 0 spiro atoms. The second-order valence-corrected chi connectivity index (χ2v) is 5.67. The molecule has 3 heteroatoms. The first-order chi connectivity index (χ1) is 8.78. The first kappa shape index (κ1) is 15.9. The highest BCUT2D eigenvalue weighted by molar-refractivity contribution is 4.77.